The molecule has 0 saturated carbocycles. The van der Waals surface area contributed by atoms with Gasteiger partial charge in [-0.05, 0) is 0 Å². The Morgan fingerprint density at radius 1 is 1.05 bits per heavy atom. The van der Waals surface area contributed by atoms with Crippen molar-refractivity contribution in [3.05, 3.63) is 35.9 Å². The van der Waals surface area contributed by atoms with Gasteiger partial charge in [-0.2, -0.15) is 0 Å². The monoisotopic (exact) mass is 302 g/mol. The van der Waals surface area contributed by atoms with Crippen LogP contribution in [0.2, 0.25) is 0 Å². The molecule has 1 aromatic rings. The van der Waals surface area contributed by atoms with Crippen LogP contribution >= 0.6 is 7.94 Å². The molecule has 0 spiro atoms. The molecule has 0 bridgehead atoms. The van der Waals surface area contributed by atoms with Crippen LogP contribution in [0.4, 0.5) is 0 Å². The molecule has 0 aliphatic heterocycles. The fourth-order valence-corrected chi connectivity index (χ4v) is 3.86. The second-order valence-corrected chi connectivity index (χ2v) is 7.17. The summed E-state index contributed by atoms with van der Waals surface area (Å²) in [6, 6.07) is 9.04. The third-order valence-corrected chi connectivity index (χ3v) is 5.46. The molecule has 0 aromatic heterocycles. The number of hydrogen-bond acceptors (Lipinski definition) is 4. The second kappa shape index (κ2) is 9.43. The fourth-order valence-electron chi connectivity index (χ4n) is 2.00. The fraction of sp³-hybridized carbons (Fsp3) is 0.600. The van der Waals surface area contributed by atoms with E-state index in [9.17, 15) is 10.00 Å². The van der Waals surface area contributed by atoms with Gasteiger partial charge < -0.3 is 0 Å². The molecule has 0 radical (unpaired) electrons. The first-order valence-electron chi connectivity index (χ1n) is 7.37. The molecule has 0 amide bonds. The van der Waals surface area contributed by atoms with Gasteiger partial charge in [0.15, 0.2) is 0 Å². The molecule has 4 nitrogen and oxygen atoms in total. The Morgan fingerprint density at radius 3 is 2.35 bits per heavy atom. The van der Waals surface area contributed by atoms with Crippen LogP contribution in [0.1, 0.15) is 50.9 Å². The van der Waals surface area contributed by atoms with Gasteiger partial charge in [-0.3, -0.25) is 0 Å². The van der Waals surface area contributed by atoms with Gasteiger partial charge in [-0.15, -0.1) is 0 Å². The molecular weight excluding hydrogens is 275 g/mol. The zero-order chi connectivity index (χ0) is 14.8. The number of unbranched alkanes of at least 4 members (excludes halogenated alkanes) is 3. The Labute approximate surface area is 122 Å². The minimum atomic E-state index is -3.60. The molecule has 0 fully saturated rings. The van der Waals surface area contributed by atoms with Crippen molar-refractivity contribution >= 4 is 7.94 Å². The molecule has 20 heavy (non-hydrogen) atoms. The summed E-state index contributed by atoms with van der Waals surface area (Å²) in [6.45, 7) is 4.68. The van der Waals surface area contributed by atoms with E-state index < -0.39 is 13.8 Å². The zero-order valence-electron chi connectivity index (χ0n) is 12.4. The van der Waals surface area contributed by atoms with Gasteiger partial charge in [0.25, 0.3) is 0 Å². The average Bonchev–Trinajstić information content (AvgIpc) is 2.47. The van der Waals surface area contributed by atoms with E-state index in [0.29, 0.717) is 18.8 Å². The van der Waals surface area contributed by atoms with E-state index in [1.807, 2.05) is 18.2 Å². The zero-order valence-corrected chi connectivity index (χ0v) is 13.4. The molecule has 116 valence electrons. The molecule has 5 heteroatoms. The van der Waals surface area contributed by atoms with Crippen LogP contribution < -0.4 is 0 Å². The Morgan fingerprint density at radius 2 is 1.75 bits per heavy atom. The van der Waals surface area contributed by atoms with E-state index in [2.05, 4.69) is 6.92 Å². The van der Waals surface area contributed by atoms with Crippen molar-refractivity contribution in [2.75, 3.05) is 13.2 Å². The molecular formula is C15H27O4P. The van der Waals surface area contributed by atoms with E-state index in [0.717, 1.165) is 25.7 Å². The molecule has 0 aliphatic carbocycles. The van der Waals surface area contributed by atoms with Crippen LogP contribution in [-0.2, 0) is 9.05 Å². The first kappa shape index (κ1) is 17.5. The molecule has 1 rings (SSSR count). The van der Waals surface area contributed by atoms with Crippen molar-refractivity contribution in [2.45, 2.75) is 45.4 Å². The maximum atomic E-state index is 10.5. The quantitative estimate of drug-likeness (QED) is 0.510. The van der Waals surface area contributed by atoms with Gasteiger partial charge in [-0.25, -0.2) is 0 Å². The summed E-state index contributed by atoms with van der Waals surface area (Å²) in [7, 11) is -3.60. The first-order chi connectivity index (χ1) is 9.64. The molecule has 0 aliphatic rings. The van der Waals surface area contributed by atoms with Gasteiger partial charge >= 0.3 is 121 Å². The van der Waals surface area contributed by atoms with Crippen LogP contribution in [-0.4, -0.2) is 23.2 Å². The summed E-state index contributed by atoms with van der Waals surface area (Å²) < 4.78 is 10.9. The van der Waals surface area contributed by atoms with E-state index in [1.165, 1.54) is 0 Å². The Balaban J connectivity index is 2.60. The van der Waals surface area contributed by atoms with Crippen molar-refractivity contribution in [1.82, 2.24) is 0 Å². The van der Waals surface area contributed by atoms with Crippen LogP contribution in [0.3, 0.4) is 0 Å². The number of benzene rings is 1. The summed E-state index contributed by atoms with van der Waals surface area (Å²) in [5.74, 6) is -1.09. The molecule has 0 saturated heterocycles. The van der Waals surface area contributed by atoms with Crippen molar-refractivity contribution in [3.8, 4) is 0 Å². The summed E-state index contributed by atoms with van der Waals surface area (Å²) in [6.07, 6.45) is 4.24. The third kappa shape index (κ3) is 5.47. The van der Waals surface area contributed by atoms with Crippen LogP contribution in [0.15, 0.2) is 30.3 Å². The third-order valence-electron chi connectivity index (χ3n) is 3.12. The SMILES string of the molecule is CCCCCCO[PH](O)(OCC)C(O)c1ccccc1. The number of aliphatic hydroxyl groups excluding tert-OH is 1. The van der Waals surface area contributed by atoms with Crippen molar-refractivity contribution in [2.24, 2.45) is 0 Å². The van der Waals surface area contributed by atoms with Crippen LogP contribution in [0.5, 0.6) is 0 Å². The van der Waals surface area contributed by atoms with Gasteiger partial charge in [0, 0.05) is 0 Å². The average molecular weight is 302 g/mol. The molecule has 1 unspecified atom stereocenters. The van der Waals surface area contributed by atoms with Gasteiger partial charge in [0.05, 0.1) is 0 Å². The molecule has 0 heterocycles. The Kier molecular flexibility index (Phi) is 8.27. The van der Waals surface area contributed by atoms with Crippen LogP contribution in [0.25, 0.3) is 0 Å². The van der Waals surface area contributed by atoms with Crippen molar-refractivity contribution in [1.29, 1.82) is 0 Å². The van der Waals surface area contributed by atoms with Crippen molar-refractivity contribution < 1.29 is 19.0 Å². The van der Waals surface area contributed by atoms with E-state index >= 15 is 0 Å². The number of aliphatic hydroxyl groups is 1. The Bertz CT molecular complexity index is 360. The molecule has 1 atom stereocenters. The number of hydrogen-bond donors (Lipinski definition) is 2. The minimum absolute atomic E-state index is 0.321. The predicted octanol–water partition coefficient (Wildman–Crippen LogP) is 3.80. The summed E-state index contributed by atoms with van der Waals surface area (Å²) in [5, 5.41) is 10.3. The van der Waals surface area contributed by atoms with Crippen molar-refractivity contribution in [3.63, 3.8) is 0 Å². The normalized spacial score (nSPS) is 14.2. The van der Waals surface area contributed by atoms with Gasteiger partial charge in [0.1, 0.15) is 0 Å². The van der Waals surface area contributed by atoms with Crippen LogP contribution in [0, 0.1) is 0 Å². The topological polar surface area (TPSA) is 58.9 Å². The van der Waals surface area contributed by atoms with E-state index in [1.54, 1.807) is 19.1 Å². The molecule has 1 aromatic carbocycles. The number of rotatable bonds is 10. The van der Waals surface area contributed by atoms with Gasteiger partial charge in [0.2, 0.25) is 0 Å². The maximum absolute atomic E-state index is 10.5. The molecule has 2 N–H and O–H groups in total. The first-order valence-corrected chi connectivity index (χ1v) is 9.21. The summed E-state index contributed by atoms with van der Waals surface area (Å²) >= 11 is 0. The standard InChI is InChI=1S/C15H27O4P/c1-3-5-6-10-13-19-20(17,18-4-2)15(16)14-11-8-7-9-12-14/h7-9,11-12,15-17,20H,3-6,10,13H2,1-2H3. The van der Waals surface area contributed by atoms with E-state index in [4.69, 9.17) is 9.05 Å². The summed E-state index contributed by atoms with van der Waals surface area (Å²) in [4.78, 5) is 10.5. The van der Waals surface area contributed by atoms with Gasteiger partial charge in [-0.1, -0.05) is 0 Å². The predicted molar refractivity (Wildman–Crippen MR) is 83.7 cm³/mol. The van der Waals surface area contributed by atoms with E-state index in [-0.39, 0.29) is 0 Å². The Hall–Kier alpha value is -0.510. The second-order valence-electron chi connectivity index (χ2n) is 4.79. The summed E-state index contributed by atoms with van der Waals surface area (Å²) in [5.41, 5.74) is 0.628.